The lowest BCUT2D eigenvalue weighted by Crippen LogP contribution is -2.32. The van der Waals surface area contributed by atoms with E-state index in [4.69, 9.17) is 4.74 Å². The van der Waals surface area contributed by atoms with Crippen LogP contribution in [0, 0.1) is 0 Å². The summed E-state index contributed by atoms with van der Waals surface area (Å²) in [6.07, 6.45) is 11.6. The number of nitrogens with one attached hydrogen (secondary N) is 2. The van der Waals surface area contributed by atoms with Gasteiger partial charge in [-0.15, -0.1) is 0 Å². The van der Waals surface area contributed by atoms with Crippen molar-refractivity contribution in [2.24, 2.45) is 0 Å². The Kier molecular flexibility index (Phi) is 6.77. The van der Waals surface area contributed by atoms with E-state index in [0.29, 0.717) is 18.7 Å². The third-order valence-corrected chi connectivity index (χ3v) is 4.89. The second-order valence-corrected chi connectivity index (χ2v) is 6.89. The Bertz CT molecular complexity index is 666. The average Bonchev–Trinajstić information content (AvgIpc) is 3.20. The molecule has 2 amide bonds. The van der Waals surface area contributed by atoms with Crippen molar-refractivity contribution in [2.45, 2.75) is 51.0 Å². The number of hydrogen-bond donors (Lipinski definition) is 2. The van der Waals surface area contributed by atoms with Crippen LogP contribution in [0.4, 0.5) is 0 Å². The van der Waals surface area contributed by atoms with Crippen LogP contribution in [0.2, 0.25) is 0 Å². The van der Waals surface area contributed by atoms with Crippen molar-refractivity contribution in [3.05, 3.63) is 41.2 Å². The second-order valence-electron chi connectivity index (χ2n) is 6.89. The highest BCUT2D eigenvalue weighted by Crippen LogP contribution is 2.19. The molecule has 0 spiro atoms. The van der Waals surface area contributed by atoms with E-state index in [1.54, 1.807) is 12.1 Å². The predicted octanol–water partition coefficient (Wildman–Crippen LogP) is 2.61. The molecular weight excluding hydrogens is 330 g/mol. The molecule has 0 bridgehead atoms. The summed E-state index contributed by atoms with van der Waals surface area (Å²) in [6, 6.07) is 3.16. The van der Waals surface area contributed by atoms with Crippen molar-refractivity contribution in [3.63, 3.8) is 0 Å². The molecule has 140 valence electrons. The van der Waals surface area contributed by atoms with Gasteiger partial charge in [0, 0.05) is 31.5 Å². The van der Waals surface area contributed by atoms with E-state index >= 15 is 0 Å². The van der Waals surface area contributed by atoms with Gasteiger partial charge in [0.25, 0.3) is 11.8 Å². The zero-order chi connectivity index (χ0) is 18.2. The topological polar surface area (TPSA) is 80.3 Å². The van der Waals surface area contributed by atoms with Crippen molar-refractivity contribution in [3.8, 4) is 0 Å². The van der Waals surface area contributed by atoms with Gasteiger partial charge in [-0.3, -0.25) is 14.6 Å². The summed E-state index contributed by atoms with van der Waals surface area (Å²) in [4.78, 5) is 28.6. The van der Waals surface area contributed by atoms with Gasteiger partial charge in [-0.25, -0.2) is 0 Å². The number of carbonyl (C=O) groups is 2. The largest absolute Gasteiger partial charge is 0.376 e. The van der Waals surface area contributed by atoms with Crippen LogP contribution in [0.3, 0.4) is 0 Å². The summed E-state index contributed by atoms with van der Waals surface area (Å²) in [5, 5.41) is 5.76. The summed E-state index contributed by atoms with van der Waals surface area (Å²) < 4.78 is 5.50. The van der Waals surface area contributed by atoms with E-state index in [-0.39, 0.29) is 23.6 Å². The van der Waals surface area contributed by atoms with Crippen LogP contribution in [-0.4, -0.2) is 42.6 Å². The number of amides is 2. The molecule has 0 saturated carbocycles. The standard InChI is InChI=1S/C20H27N3O3/c24-19(23-14-17-7-4-12-26-17)16-9-11-21-18(13-16)20(25)22-10-8-15-5-2-1-3-6-15/h5,9,11,13,17H,1-4,6-8,10,12,14H2,(H,22,25)(H,23,24). The molecule has 1 saturated heterocycles. The summed E-state index contributed by atoms with van der Waals surface area (Å²) >= 11 is 0. The maximum atomic E-state index is 12.3. The summed E-state index contributed by atoms with van der Waals surface area (Å²) in [5.41, 5.74) is 2.14. The van der Waals surface area contributed by atoms with Gasteiger partial charge < -0.3 is 15.4 Å². The first-order valence-electron chi connectivity index (χ1n) is 9.54. The molecule has 0 radical (unpaired) electrons. The number of aromatic nitrogens is 1. The number of rotatable bonds is 7. The maximum Gasteiger partial charge on any atom is 0.269 e. The Morgan fingerprint density at radius 2 is 2.12 bits per heavy atom. The molecule has 6 heteroatoms. The lowest BCUT2D eigenvalue weighted by molar-refractivity contribution is 0.0857. The number of nitrogens with zero attached hydrogens (tertiary/aromatic N) is 1. The van der Waals surface area contributed by atoms with Crippen LogP contribution in [0.1, 0.15) is 65.8 Å². The van der Waals surface area contributed by atoms with Crippen LogP contribution in [-0.2, 0) is 4.74 Å². The molecular formula is C20H27N3O3. The molecule has 2 aliphatic rings. The van der Waals surface area contributed by atoms with Gasteiger partial charge in [-0.2, -0.15) is 0 Å². The first-order valence-corrected chi connectivity index (χ1v) is 9.54. The number of hydrogen-bond acceptors (Lipinski definition) is 4. The number of ether oxygens (including phenoxy) is 1. The van der Waals surface area contributed by atoms with E-state index in [0.717, 1.165) is 38.7 Å². The van der Waals surface area contributed by atoms with Crippen molar-refractivity contribution >= 4 is 11.8 Å². The molecule has 0 aromatic carbocycles. The minimum atomic E-state index is -0.241. The van der Waals surface area contributed by atoms with Gasteiger partial charge in [0.15, 0.2) is 0 Å². The van der Waals surface area contributed by atoms with Gasteiger partial charge >= 0.3 is 0 Å². The predicted molar refractivity (Wildman–Crippen MR) is 99.0 cm³/mol. The van der Waals surface area contributed by atoms with E-state index in [9.17, 15) is 9.59 Å². The number of carbonyl (C=O) groups excluding carboxylic acids is 2. The van der Waals surface area contributed by atoms with Crippen molar-refractivity contribution < 1.29 is 14.3 Å². The van der Waals surface area contributed by atoms with Crippen LogP contribution in [0.5, 0.6) is 0 Å². The van der Waals surface area contributed by atoms with Crippen molar-refractivity contribution in [2.75, 3.05) is 19.7 Å². The third kappa shape index (κ3) is 5.39. The van der Waals surface area contributed by atoms with Crippen molar-refractivity contribution in [1.82, 2.24) is 15.6 Å². The monoisotopic (exact) mass is 357 g/mol. The minimum Gasteiger partial charge on any atom is -0.376 e. The van der Waals surface area contributed by atoms with Gasteiger partial charge in [-0.05, 0) is 57.1 Å². The van der Waals surface area contributed by atoms with Gasteiger partial charge in [0.05, 0.1) is 6.10 Å². The lowest BCUT2D eigenvalue weighted by atomic mass is 9.97. The maximum absolute atomic E-state index is 12.3. The molecule has 26 heavy (non-hydrogen) atoms. The van der Waals surface area contributed by atoms with Crippen LogP contribution in [0.25, 0.3) is 0 Å². The highest BCUT2D eigenvalue weighted by atomic mass is 16.5. The third-order valence-electron chi connectivity index (χ3n) is 4.89. The zero-order valence-corrected chi connectivity index (χ0v) is 15.1. The minimum absolute atomic E-state index is 0.0950. The molecule has 1 unspecified atom stereocenters. The molecule has 1 aliphatic carbocycles. The van der Waals surface area contributed by atoms with Crippen molar-refractivity contribution in [1.29, 1.82) is 0 Å². The highest BCUT2D eigenvalue weighted by Gasteiger charge is 2.17. The molecule has 1 atom stereocenters. The smallest absolute Gasteiger partial charge is 0.269 e. The Hall–Kier alpha value is -2.21. The first kappa shape index (κ1) is 18.6. The summed E-state index contributed by atoms with van der Waals surface area (Å²) in [5.74, 6) is -0.445. The quantitative estimate of drug-likeness (QED) is 0.735. The van der Waals surface area contributed by atoms with E-state index in [2.05, 4.69) is 21.7 Å². The Balaban J connectivity index is 1.48. The Morgan fingerprint density at radius 1 is 1.19 bits per heavy atom. The molecule has 2 heterocycles. The molecule has 6 nitrogen and oxygen atoms in total. The molecule has 1 aliphatic heterocycles. The Morgan fingerprint density at radius 3 is 2.88 bits per heavy atom. The van der Waals surface area contributed by atoms with Crippen LogP contribution in [0.15, 0.2) is 30.0 Å². The fourth-order valence-electron chi connectivity index (χ4n) is 3.37. The summed E-state index contributed by atoms with van der Waals surface area (Å²) in [6.45, 7) is 1.86. The number of allylic oxidation sites excluding steroid dienone is 1. The van der Waals surface area contributed by atoms with Gasteiger partial charge in [0.1, 0.15) is 5.69 Å². The lowest BCUT2D eigenvalue weighted by Gasteiger charge is -2.13. The van der Waals surface area contributed by atoms with E-state index in [1.165, 1.54) is 24.6 Å². The average molecular weight is 357 g/mol. The summed E-state index contributed by atoms with van der Waals surface area (Å²) in [7, 11) is 0. The van der Waals surface area contributed by atoms with Gasteiger partial charge in [0.2, 0.25) is 0 Å². The Labute approximate surface area is 154 Å². The SMILES string of the molecule is O=C(NCC1CCCO1)c1ccnc(C(=O)NCCC2=CCCCC2)c1. The van der Waals surface area contributed by atoms with E-state index in [1.807, 2.05) is 0 Å². The van der Waals surface area contributed by atoms with Crippen LogP contribution >= 0.6 is 0 Å². The molecule has 1 fully saturated rings. The molecule has 2 N–H and O–H groups in total. The fourth-order valence-corrected chi connectivity index (χ4v) is 3.37. The molecule has 1 aromatic rings. The molecule has 3 rings (SSSR count). The van der Waals surface area contributed by atoms with E-state index < -0.39 is 0 Å². The van der Waals surface area contributed by atoms with Crippen LogP contribution < -0.4 is 10.6 Å². The highest BCUT2D eigenvalue weighted by molar-refractivity contribution is 5.98. The first-order chi connectivity index (χ1) is 12.7. The zero-order valence-electron chi connectivity index (χ0n) is 15.1. The molecule has 1 aromatic heterocycles. The fraction of sp³-hybridized carbons (Fsp3) is 0.550. The number of pyridine rings is 1. The normalized spacial score (nSPS) is 19.7. The van der Waals surface area contributed by atoms with Gasteiger partial charge in [-0.1, -0.05) is 11.6 Å². The second kappa shape index (κ2) is 9.48.